The van der Waals surface area contributed by atoms with Crippen LogP contribution in [0.15, 0.2) is 48.7 Å². The third kappa shape index (κ3) is 2.87. The van der Waals surface area contributed by atoms with Crippen LogP contribution in [-0.2, 0) is 4.79 Å². The first-order valence-electron chi connectivity index (χ1n) is 7.13. The number of aryl methyl sites for hydroxylation is 1. The van der Waals surface area contributed by atoms with Gasteiger partial charge in [0.2, 0.25) is 0 Å². The van der Waals surface area contributed by atoms with Crippen LogP contribution < -0.4 is 5.32 Å². The summed E-state index contributed by atoms with van der Waals surface area (Å²) in [4.78, 5) is 37.5. The lowest BCUT2D eigenvalue weighted by atomic mass is 10.1. The summed E-state index contributed by atoms with van der Waals surface area (Å²) in [6.07, 6.45) is 1.38. The average molecular weight is 323 g/mol. The molecule has 120 valence electrons. The predicted octanol–water partition coefficient (Wildman–Crippen LogP) is 3.21. The van der Waals surface area contributed by atoms with E-state index in [2.05, 4.69) is 10.3 Å². The third-order valence-corrected chi connectivity index (χ3v) is 3.64. The fraction of sp³-hybridized carbons (Fsp3) is 0.0588. The molecular formula is C17H13N3O4. The van der Waals surface area contributed by atoms with Gasteiger partial charge < -0.3 is 10.3 Å². The first kappa shape index (κ1) is 15.4. The van der Waals surface area contributed by atoms with Gasteiger partial charge in [-0.2, -0.15) is 0 Å². The first-order valence-corrected chi connectivity index (χ1v) is 7.13. The molecule has 0 atom stereocenters. The summed E-state index contributed by atoms with van der Waals surface area (Å²) < 4.78 is 0. The number of benzene rings is 2. The highest BCUT2D eigenvalue weighted by molar-refractivity contribution is 6.48. The van der Waals surface area contributed by atoms with Crippen LogP contribution in [0.2, 0.25) is 0 Å². The molecule has 0 saturated heterocycles. The Morgan fingerprint density at radius 2 is 1.83 bits per heavy atom. The van der Waals surface area contributed by atoms with Crippen molar-refractivity contribution in [3.8, 4) is 0 Å². The van der Waals surface area contributed by atoms with Crippen molar-refractivity contribution in [1.29, 1.82) is 0 Å². The number of carbonyl (C=O) groups is 2. The van der Waals surface area contributed by atoms with Crippen LogP contribution in [0.5, 0.6) is 0 Å². The van der Waals surface area contributed by atoms with Gasteiger partial charge in [0, 0.05) is 29.4 Å². The molecule has 0 aliphatic heterocycles. The number of H-pyrrole nitrogens is 1. The number of fused-ring (bicyclic) bond motifs is 1. The Labute approximate surface area is 136 Å². The minimum atomic E-state index is -0.766. The highest BCUT2D eigenvalue weighted by Crippen LogP contribution is 2.24. The monoisotopic (exact) mass is 323 g/mol. The minimum Gasteiger partial charge on any atom is -0.360 e. The second-order valence-electron chi connectivity index (χ2n) is 5.34. The zero-order valence-electron chi connectivity index (χ0n) is 12.7. The molecule has 24 heavy (non-hydrogen) atoms. The number of anilines is 1. The molecule has 3 rings (SSSR count). The van der Waals surface area contributed by atoms with Crippen LogP contribution >= 0.6 is 0 Å². The van der Waals surface area contributed by atoms with Crippen LogP contribution in [0.25, 0.3) is 10.9 Å². The molecule has 1 aromatic heterocycles. The summed E-state index contributed by atoms with van der Waals surface area (Å²) >= 11 is 0. The number of non-ortho nitro benzene ring substituents is 1. The van der Waals surface area contributed by atoms with Crippen molar-refractivity contribution in [3.63, 3.8) is 0 Å². The van der Waals surface area contributed by atoms with Crippen molar-refractivity contribution in [2.45, 2.75) is 6.92 Å². The summed E-state index contributed by atoms with van der Waals surface area (Å²) in [5.74, 6) is -1.48. The van der Waals surface area contributed by atoms with Crippen molar-refractivity contribution < 1.29 is 14.5 Å². The van der Waals surface area contributed by atoms with Gasteiger partial charge in [-0.3, -0.25) is 19.7 Å². The lowest BCUT2D eigenvalue weighted by Gasteiger charge is -2.04. The number of aromatic amines is 1. The zero-order chi connectivity index (χ0) is 17.3. The Morgan fingerprint density at radius 1 is 1.12 bits per heavy atom. The van der Waals surface area contributed by atoms with Crippen molar-refractivity contribution in [2.24, 2.45) is 0 Å². The Hall–Kier alpha value is -3.48. The molecule has 0 aliphatic carbocycles. The molecule has 0 unspecified atom stereocenters. The molecule has 3 aromatic rings. The fourth-order valence-electron chi connectivity index (χ4n) is 2.36. The zero-order valence-corrected chi connectivity index (χ0v) is 12.7. The van der Waals surface area contributed by atoms with Gasteiger partial charge >= 0.3 is 0 Å². The van der Waals surface area contributed by atoms with E-state index < -0.39 is 16.6 Å². The van der Waals surface area contributed by atoms with Gasteiger partial charge in [0.25, 0.3) is 17.4 Å². The Kier molecular flexibility index (Phi) is 3.83. The molecule has 1 heterocycles. The molecule has 0 fully saturated rings. The standard InChI is InChI=1S/C17H13N3O4/c1-10-2-4-11(5-3-10)19-17(22)16(21)14-9-18-15-8-12(20(23)24)6-7-13(14)15/h2-9,18H,1H3,(H,19,22). The van der Waals surface area contributed by atoms with Crippen LogP contribution in [0.4, 0.5) is 11.4 Å². The summed E-state index contributed by atoms with van der Waals surface area (Å²) in [5.41, 5.74) is 2.07. The summed E-state index contributed by atoms with van der Waals surface area (Å²) in [6.45, 7) is 1.92. The van der Waals surface area contributed by atoms with E-state index in [-0.39, 0.29) is 11.3 Å². The number of carbonyl (C=O) groups excluding carboxylic acids is 2. The molecule has 0 aliphatic rings. The minimum absolute atomic E-state index is 0.0903. The molecule has 0 saturated carbocycles. The van der Waals surface area contributed by atoms with E-state index in [0.717, 1.165) is 5.56 Å². The normalized spacial score (nSPS) is 10.5. The van der Waals surface area contributed by atoms with Gasteiger partial charge in [-0.1, -0.05) is 17.7 Å². The number of nitrogens with zero attached hydrogens (tertiary/aromatic N) is 1. The smallest absolute Gasteiger partial charge is 0.296 e. The summed E-state index contributed by atoms with van der Waals surface area (Å²) in [7, 11) is 0. The number of nitro groups is 1. The van der Waals surface area contributed by atoms with E-state index in [0.29, 0.717) is 16.6 Å². The molecule has 0 spiro atoms. The molecule has 2 aromatic carbocycles. The van der Waals surface area contributed by atoms with E-state index in [1.165, 1.54) is 24.4 Å². The summed E-state index contributed by atoms with van der Waals surface area (Å²) in [5, 5.41) is 13.8. The molecule has 7 heteroatoms. The topological polar surface area (TPSA) is 105 Å². The maximum atomic E-state index is 12.3. The van der Waals surface area contributed by atoms with Crippen LogP contribution in [0.3, 0.4) is 0 Å². The number of nitro benzene ring substituents is 1. The van der Waals surface area contributed by atoms with Gasteiger partial charge in [0.15, 0.2) is 0 Å². The van der Waals surface area contributed by atoms with Crippen LogP contribution in [0, 0.1) is 17.0 Å². The number of hydrogen-bond donors (Lipinski definition) is 2. The van der Waals surface area contributed by atoms with Gasteiger partial charge in [-0.05, 0) is 25.1 Å². The molecular weight excluding hydrogens is 310 g/mol. The van der Waals surface area contributed by atoms with E-state index in [9.17, 15) is 19.7 Å². The number of aromatic nitrogens is 1. The molecule has 0 bridgehead atoms. The summed E-state index contributed by atoms with van der Waals surface area (Å²) in [6, 6.07) is 11.1. The number of ketones is 1. The SMILES string of the molecule is Cc1ccc(NC(=O)C(=O)c2c[nH]c3cc([N+](=O)[O-])ccc23)cc1. The highest BCUT2D eigenvalue weighted by atomic mass is 16.6. The Bertz CT molecular complexity index is 958. The molecule has 0 radical (unpaired) electrons. The number of Topliss-reactive ketones (excluding diaryl/α,β-unsaturated/α-hetero) is 1. The van der Waals surface area contributed by atoms with Gasteiger partial charge in [0.05, 0.1) is 16.0 Å². The highest BCUT2D eigenvalue weighted by Gasteiger charge is 2.21. The lowest BCUT2D eigenvalue weighted by Crippen LogP contribution is -2.22. The average Bonchev–Trinajstić information content (AvgIpc) is 2.99. The van der Waals surface area contributed by atoms with E-state index >= 15 is 0 Å². The van der Waals surface area contributed by atoms with Crippen molar-refractivity contribution in [1.82, 2.24) is 4.98 Å². The van der Waals surface area contributed by atoms with Crippen molar-refractivity contribution >= 4 is 34.0 Å². The molecule has 7 nitrogen and oxygen atoms in total. The fourth-order valence-corrected chi connectivity index (χ4v) is 2.36. The Morgan fingerprint density at radius 3 is 2.50 bits per heavy atom. The quantitative estimate of drug-likeness (QED) is 0.333. The van der Waals surface area contributed by atoms with E-state index in [1.54, 1.807) is 12.1 Å². The van der Waals surface area contributed by atoms with E-state index in [4.69, 9.17) is 0 Å². The number of hydrogen-bond acceptors (Lipinski definition) is 4. The number of amides is 1. The van der Waals surface area contributed by atoms with E-state index in [1.807, 2.05) is 19.1 Å². The first-order chi connectivity index (χ1) is 11.5. The molecule has 1 amide bonds. The van der Waals surface area contributed by atoms with Crippen molar-refractivity contribution in [2.75, 3.05) is 5.32 Å². The third-order valence-electron chi connectivity index (χ3n) is 3.64. The van der Waals surface area contributed by atoms with Crippen LogP contribution in [0.1, 0.15) is 15.9 Å². The number of nitrogens with one attached hydrogen (secondary N) is 2. The van der Waals surface area contributed by atoms with Crippen LogP contribution in [-0.4, -0.2) is 21.6 Å². The van der Waals surface area contributed by atoms with Gasteiger partial charge in [0.1, 0.15) is 0 Å². The lowest BCUT2D eigenvalue weighted by molar-refractivity contribution is -0.384. The Balaban J connectivity index is 1.86. The van der Waals surface area contributed by atoms with Gasteiger partial charge in [-0.15, -0.1) is 0 Å². The predicted molar refractivity (Wildman–Crippen MR) is 89.1 cm³/mol. The molecule has 2 N–H and O–H groups in total. The van der Waals surface area contributed by atoms with Gasteiger partial charge in [-0.25, -0.2) is 0 Å². The van der Waals surface area contributed by atoms with Crippen molar-refractivity contribution in [3.05, 3.63) is 69.9 Å². The number of rotatable bonds is 4. The largest absolute Gasteiger partial charge is 0.360 e. The second kappa shape index (κ2) is 5.96. The maximum Gasteiger partial charge on any atom is 0.296 e. The second-order valence-corrected chi connectivity index (χ2v) is 5.34. The maximum absolute atomic E-state index is 12.3.